The number of nitrogens with one attached hydrogen (secondary N) is 1. The smallest absolute Gasteiger partial charge is 0.258 e. The molecule has 1 aromatic carbocycles. The highest BCUT2D eigenvalue weighted by Crippen LogP contribution is 2.28. The van der Waals surface area contributed by atoms with Crippen LogP contribution in [0.2, 0.25) is 0 Å². The number of fused-ring (bicyclic) bond motifs is 1. The molecule has 0 bridgehead atoms. The third-order valence-electron chi connectivity index (χ3n) is 3.93. The number of amides is 1. The number of pyridine rings is 1. The highest BCUT2D eigenvalue weighted by Gasteiger charge is 2.23. The van der Waals surface area contributed by atoms with Gasteiger partial charge in [-0.3, -0.25) is 9.78 Å². The van der Waals surface area contributed by atoms with Gasteiger partial charge in [0.2, 0.25) is 10.0 Å². The number of aromatic nitrogens is 1. The van der Waals surface area contributed by atoms with Crippen molar-refractivity contribution in [1.82, 2.24) is 9.71 Å². The lowest BCUT2D eigenvalue weighted by Gasteiger charge is -2.29. The van der Waals surface area contributed by atoms with Crippen molar-refractivity contribution in [2.75, 3.05) is 17.7 Å². The first-order chi connectivity index (χ1) is 11.4. The molecule has 1 aliphatic heterocycles. The van der Waals surface area contributed by atoms with Gasteiger partial charge in [0.15, 0.2) is 0 Å². The van der Waals surface area contributed by atoms with E-state index in [-0.39, 0.29) is 12.5 Å². The summed E-state index contributed by atoms with van der Waals surface area (Å²) >= 11 is 0. The molecule has 2 heterocycles. The van der Waals surface area contributed by atoms with Crippen LogP contribution in [-0.4, -0.2) is 32.1 Å². The summed E-state index contributed by atoms with van der Waals surface area (Å²) < 4.78 is 24.8. The summed E-state index contributed by atoms with van der Waals surface area (Å²) in [6.07, 6.45) is 4.52. The summed E-state index contributed by atoms with van der Waals surface area (Å²) in [4.78, 5) is 18.8. The maximum atomic E-state index is 12.9. The Morgan fingerprint density at radius 1 is 1.29 bits per heavy atom. The van der Waals surface area contributed by atoms with Crippen LogP contribution >= 0.6 is 0 Å². The van der Waals surface area contributed by atoms with Crippen LogP contribution in [0.3, 0.4) is 0 Å². The number of para-hydroxylation sites is 1. The Labute approximate surface area is 141 Å². The Morgan fingerprint density at radius 3 is 2.88 bits per heavy atom. The second kappa shape index (κ2) is 6.70. The molecule has 1 N–H and O–H groups in total. The predicted molar refractivity (Wildman–Crippen MR) is 92.4 cm³/mol. The molecular formula is C17H19N3O3S. The standard InChI is InChI=1S/C17H19N3O3S/c1-24(22,23)19-12-15-11-14(8-9-18-15)17(21)20-10-4-6-13-5-2-3-7-16(13)20/h2-3,5,7-9,11,19H,4,6,10,12H2,1H3. The van der Waals surface area contributed by atoms with E-state index in [1.807, 2.05) is 24.3 Å². The molecular weight excluding hydrogens is 326 g/mol. The monoisotopic (exact) mass is 345 g/mol. The van der Waals surface area contributed by atoms with Crippen molar-refractivity contribution >= 4 is 21.6 Å². The van der Waals surface area contributed by atoms with E-state index in [1.54, 1.807) is 17.0 Å². The van der Waals surface area contributed by atoms with E-state index in [0.717, 1.165) is 24.8 Å². The molecule has 0 spiro atoms. The molecule has 0 atom stereocenters. The van der Waals surface area contributed by atoms with Crippen molar-refractivity contribution in [1.29, 1.82) is 0 Å². The molecule has 2 aromatic rings. The molecule has 126 valence electrons. The molecule has 0 aliphatic carbocycles. The van der Waals surface area contributed by atoms with Gasteiger partial charge < -0.3 is 4.90 Å². The maximum Gasteiger partial charge on any atom is 0.258 e. The van der Waals surface area contributed by atoms with E-state index in [2.05, 4.69) is 9.71 Å². The zero-order valence-electron chi connectivity index (χ0n) is 13.4. The average molecular weight is 345 g/mol. The number of aryl methyl sites for hydroxylation is 1. The molecule has 0 unspecified atom stereocenters. The van der Waals surface area contributed by atoms with Crippen LogP contribution in [0.5, 0.6) is 0 Å². The van der Waals surface area contributed by atoms with Gasteiger partial charge in [-0.15, -0.1) is 0 Å². The summed E-state index contributed by atoms with van der Waals surface area (Å²) in [6, 6.07) is 11.2. The quantitative estimate of drug-likeness (QED) is 0.915. The molecule has 24 heavy (non-hydrogen) atoms. The minimum absolute atomic E-state index is 0.0660. The number of hydrogen-bond acceptors (Lipinski definition) is 4. The van der Waals surface area contributed by atoms with Gasteiger partial charge in [-0.2, -0.15) is 0 Å². The number of benzene rings is 1. The van der Waals surface area contributed by atoms with E-state index < -0.39 is 10.0 Å². The van der Waals surface area contributed by atoms with Crippen LogP contribution in [0.25, 0.3) is 0 Å². The lowest BCUT2D eigenvalue weighted by Crippen LogP contribution is -2.35. The van der Waals surface area contributed by atoms with Crippen molar-refractivity contribution in [3.63, 3.8) is 0 Å². The van der Waals surface area contributed by atoms with E-state index in [1.165, 1.54) is 11.8 Å². The lowest BCUT2D eigenvalue weighted by atomic mass is 10.0. The van der Waals surface area contributed by atoms with Gasteiger partial charge in [-0.05, 0) is 36.6 Å². The van der Waals surface area contributed by atoms with Crippen LogP contribution in [-0.2, 0) is 23.0 Å². The number of anilines is 1. The molecule has 1 aromatic heterocycles. The Balaban J connectivity index is 1.84. The first kappa shape index (κ1) is 16.6. The van der Waals surface area contributed by atoms with Crippen LogP contribution in [0.15, 0.2) is 42.6 Å². The van der Waals surface area contributed by atoms with Gasteiger partial charge in [0.1, 0.15) is 0 Å². The van der Waals surface area contributed by atoms with Crippen molar-refractivity contribution in [3.8, 4) is 0 Å². The summed E-state index contributed by atoms with van der Waals surface area (Å²) in [5.41, 5.74) is 3.13. The van der Waals surface area contributed by atoms with Crippen LogP contribution < -0.4 is 9.62 Å². The topological polar surface area (TPSA) is 79.4 Å². The SMILES string of the molecule is CS(=O)(=O)NCc1cc(C(=O)N2CCCc3ccccc32)ccn1. The zero-order valence-corrected chi connectivity index (χ0v) is 14.2. The summed E-state index contributed by atoms with van der Waals surface area (Å²) in [5, 5.41) is 0. The third-order valence-corrected chi connectivity index (χ3v) is 4.60. The number of rotatable bonds is 4. The fraction of sp³-hybridized carbons (Fsp3) is 0.294. The van der Waals surface area contributed by atoms with Gasteiger partial charge in [0.25, 0.3) is 5.91 Å². The second-order valence-electron chi connectivity index (χ2n) is 5.82. The average Bonchev–Trinajstić information content (AvgIpc) is 2.58. The fourth-order valence-corrected chi connectivity index (χ4v) is 3.22. The lowest BCUT2D eigenvalue weighted by molar-refractivity contribution is 0.0985. The molecule has 6 nitrogen and oxygen atoms in total. The highest BCUT2D eigenvalue weighted by molar-refractivity contribution is 7.88. The molecule has 1 amide bonds. The number of carbonyl (C=O) groups is 1. The molecule has 0 saturated carbocycles. The Hall–Kier alpha value is -2.25. The van der Waals surface area contributed by atoms with Gasteiger partial charge in [0.05, 0.1) is 18.5 Å². The van der Waals surface area contributed by atoms with Gasteiger partial charge in [-0.1, -0.05) is 18.2 Å². The Morgan fingerprint density at radius 2 is 2.08 bits per heavy atom. The minimum Gasteiger partial charge on any atom is -0.308 e. The number of sulfonamides is 1. The van der Waals surface area contributed by atoms with Crippen molar-refractivity contribution in [2.45, 2.75) is 19.4 Å². The zero-order chi connectivity index (χ0) is 17.2. The molecule has 0 saturated heterocycles. The summed E-state index contributed by atoms with van der Waals surface area (Å²) in [7, 11) is -3.30. The van der Waals surface area contributed by atoms with Gasteiger partial charge >= 0.3 is 0 Å². The predicted octanol–water partition coefficient (Wildman–Crippen LogP) is 1.72. The number of carbonyl (C=O) groups excluding carboxylic acids is 1. The number of nitrogens with zero attached hydrogens (tertiary/aromatic N) is 2. The Kier molecular flexibility index (Phi) is 4.64. The minimum atomic E-state index is -3.30. The molecule has 3 rings (SSSR count). The maximum absolute atomic E-state index is 12.9. The van der Waals surface area contributed by atoms with E-state index in [0.29, 0.717) is 17.8 Å². The van der Waals surface area contributed by atoms with E-state index >= 15 is 0 Å². The largest absolute Gasteiger partial charge is 0.308 e. The van der Waals surface area contributed by atoms with Crippen LogP contribution in [0, 0.1) is 0 Å². The fourth-order valence-electron chi connectivity index (χ4n) is 2.81. The summed E-state index contributed by atoms with van der Waals surface area (Å²) in [6.45, 7) is 0.742. The molecule has 0 fully saturated rings. The van der Waals surface area contributed by atoms with Crippen molar-refractivity contribution in [2.24, 2.45) is 0 Å². The summed E-state index contributed by atoms with van der Waals surface area (Å²) in [5.74, 6) is -0.0924. The van der Waals surface area contributed by atoms with Crippen molar-refractivity contribution < 1.29 is 13.2 Å². The van der Waals surface area contributed by atoms with Gasteiger partial charge in [-0.25, -0.2) is 13.1 Å². The highest BCUT2D eigenvalue weighted by atomic mass is 32.2. The molecule has 7 heteroatoms. The Bertz CT molecular complexity index is 865. The van der Waals surface area contributed by atoms with Crippen LogP contribution in [0.4, 0.5) is 5.69 Å². The second-order valence-corrected chi connectivity index (χ2v) is 7.65. The van der Waals surface area contributed by atoms with E-state index in [9.17, 15) is 13.2 Å². The first-order valence-electron chi connectivity index (χ1n) is 7.73. The number of hydrogen-bond donors (Lipinski definition) is 1. The van der Waals surface area contributed by atoms with Gasteiger partial charge in [0, 0.05) is 24.0 Å². The van der Waals surface area contributed by atoms with E-state index in [4.69, 9.17) is 0 Å². The molecule has 0 radical (unpaired) electrons. The third kappa shape index (κ3) is 3.80. The van der Waals surface area contributed by atoms with Crippen molar-refractivity contribution in [3.05, 3.63) is 59.4 Å². The first-order valence-corrected chi connectivity index (χ1v) is 9.62. The van der Waals surface area contributed by atoms with Crippen LogP contribution in [0.1, 0.15) is 28.0 Å². The normalized spacial score (nSPS) is 14.3. The molecule has 1 aliphatic rings.